The van der Waals surface area contributed by atoms with Gasteiger partial charge in [-0.15, -0.1) is 0 Å². The van der Waals surface area contributed by atoms with E-state index in [0.29, 0.717) is 5.92 Å². The molecule has 2 aliphatic heterocycles. The first kappa shape index (κ1) is 11.4. The summed E-state index contributed by atoms with van der Waals surface area (Å²) < 4.78 is 5.45. The predicted octanol–water partition coefficient (Wildman–Crippen LogP) is 1.26. The van der Waals surface area contributed by atoms with Crippen molar-refractivity contribution in [2.45, 2.75) is 44.8 Å². The molecule has 0 saturated carbocycles. The zero-order valence-corrected chi connectivity index (χ0v) is 9.69. The zero-order valence-electron chi connectivity index (χ0n) is 9.69. The topological polar surface area (TPSA) is 32.7 Å². The van der Waals surface area contributed by atoms with Crippen molar-refractivity contribution in [2.75, 3.05) is 26.3 Å². The molecule has 0 radical (unpaired) electrons. The lowest BCUT2D eigenvalue weighted by molar-refractivity contribution is -0.0477. The quantitative estimate of drug-likeness (QED) is 0.766. The molecule has 3 unspecified atom stereocenters. The Labute approximate surface area is 92.4 Å². The highest BCUT2D eigenvalue weighted by Gasteiger charge is 2.30. The SMILES string of the molecule is CCC1CCCN1CC1COCCC1O. The van der Waals surface area contributed by atoms with Gasteiger partial charge in [-0.25, -0.2) is 0 Å². The molecule has 0 bridgehead atoms. The van der Waals surface area contributed by atoms with Crippen molar-refractivity contribution in [1.29, 1.82) is 0 Å². The van der Waals surface area contributed by atoms with E-state index in [2.05, 4.69) is 11.8 Å². The summed E-state index contributed by atoms with van der Waals surface area (Å²) in [6.07, 6.45) is 4.57. The van der Waals surface area contributed by atoms with E-state index in [1.54, 1.807) is 0 Å². The van der Waals surface area contributed by atoms with Gasteiger partial charge in [0.2, 0.25) is 0 Å². The van der Waals surface area contributed by atoms with Crippen molar-refractivity contribution >= 4 is 0 Å². The number of hydrogen-bond acceptors (Lipinski definition) is 3. The van der Waals surface area contributed by atoms with Crippen LogP contribution in [0.5, 0.6) is 0 Å². The Morgan fingerprint density at radius 3 is 3.00 bits per heavy atom. The molecule has 0 aromatic carbocycles. The Morgan fingerprint density at radius 1 is 1.40 bits per heavy atom. The molecule has 0 aliphatic carbocycles. The predicted molar refractivity (Wildman–Crippen MR) is 59.8 cm³/mol. The van der Waals surface area contributed by atoms with Gasteiger partial charge >= 0.3 is 0 Å². The second-order valence-corrected chi connectivity index (χ2v) is 4.89. The van der Waals surface area contributed by atoms with Gasteiger partial charge in [-0.1, -0.05) is 6.92 Å². The van der Waals surface area contributed by atoms with Gasteiger partial charge in [0.1, 0.15) is 0 Å². The maximum atomic E-state index is 9.88. The monoisotopic (exact) mass is 213 g/mol. The number of likely N-dealkylation sites (tertiary alicyclic amines) is 1. The third kappa shape index (κ3) is 2.71. The average molecular weight is 213 g/mol. The summed E-state index contributed by atoms with van der Waals surface area (Å²) in [5, 5.41) is 9.88. The number of ether oxygens (including phenoxy) is 1. The lowest BCUT2D eigenvalue weighted by Gasteiger charge is -2.33. The van der Waals surface area contributed by atoms with Crippen molar-refractivity contribution in [3.8, 4) is 0 Å². The second-order valence-electron chi connectivity index (χ2n) is 4.89. The molecule has 3 heteroatoms. The van der Waals surface area contributed by atoms with Gasteiger partial charge in [-0.3, -0.25) is 4.90 Å². The lowest BCUT2D eigenvalue weighted by Crippen LogP contribution is -2.42. The van der Waals surface area contributed by atoms with Gasteiger partial charge in [0, 0.05) is 25.1 Å². The van der Waals surface area contributed by atoms with Crippen molar-refractivity contribution in [3.63, 3.8) is 0 Å². The third-order valence-corrected chi connectivity index (χ3v) is 3.87. The number of hydrogen-bond donors (Lipinski definition) is 1. The molecule has 2 aliphatic rings. The Morgan fingerprint density at radius 2 is 2.27 bits per heavy atom. The Balaban J connectivity index is 1.84. The first-order valence-corrected chi connectivity index (χ1v) is 6.31. The standard InChI is InChI=1S/C12H23NO2/c1-2-11-4-3-6-13(11)8-10-9-15-7-5-12(10)14/h10-12,14H,2-9H2,1H3. The van der Waals surface area contributed by atoms with Crippen LogP contribution in [0.2, 0.25) is 0 Å². The van der Waals surface area contributed by atoms with E-state index in [4.69, 9.17) is 4.74 Å². The molecule has 0 amide bonds. The van der Waals surface area contributed by atoms with Crippen LogP contribution in [-0.2, 0) is 4.74 Å². The fraction of sp³-hybridized carbons (Fsp3) is 1.00. The molecule has 0 aromatic rings. The summed E-state index contributed by atoms with van der Waals surface area (Å²) in [7, 11) is 0. The fourth-order valence-electron chi connectivity index (χ4n) is 2.86. The minimum absolute atomic E-state index is 0.142. The average Bonchev–Trinajstić information content (AvgIpc) is 2.69. The summed E-state index contributed by atoms with van der Waals surface area (Å²) in [5.74, 6) is 0.339. The Kier molecular flexibility index (Phi) is 4.00. The van der Waals surface area contributed by atoms with Gasteiger partial charge in [0.15, 0.2) is 0 Å². The van der Waals surface area contributed by atoms with Gasteiger partial charge in [-0.05, 0) is 32.2 Å². The molecule has 2 saturated heterocycles. The van der Waals surface area contributed by atoms with Crippen molar-refractivity contribution in [1.82, 2.24) is 4.90 Å². The summed E-state index contributed by atoms with van der Waals surface area (Å²) in [6, 6.07) is 0.749. The van der Waals surface area contributed by atoms with Gasteiger partial charge < -0.3 is 9.84 Å². The first-order valence-electron chi connectivity index (χ1n) is 6.31. The minimum Gasteiger partial charge on any atom is -0.393 e. The van der Waals surface area contributed by atoms with Crippen LogP contribution in [0.1, 0.15) is 32.6 Å². The van der Waals surface area contributed by atoms with Crippen LogP contribution >= 0.6 is 0 Å². The second kappa shape index (κ2) is 5.28. The maximum Gasteiger partial charge on any atom is 0.0624 e. The molecule has 1 N–H and O–H groups in total. The van der Waals surface area contributed by atoms with E-state index in [1.165, 1.54) is 25.8 Å². The van der Waals surface area contributed by atoms with Crippen molar-refractivity contribution in [3.05, 3.63) is 0 Å². The number of nitrogens with zero attached hydrogens (tertiary/aromatic N) is 1. The summed E-state index contributed by atoms with van der Waals surface area (Å²) in [6.45, 7) is 5.97. The van der Waals surface area contributed by atoms with Crippen molar-refractivity contribution < 1.29 is 9.84 Å². The lowest BCUT2D eigenvalue weighted by atomic mass is 9.97. The van der Waals surface area contributed by atoms with E-state index < -0.39 is 0 Å². The molecule has 0 aromatic heterocycles. The highest BCUT2D eigenvalue weighted by Crippen LogP contribution is 2.24. The summed E-state index contributed by atoms with van der Waals surface area (Å²) >= 11 is 0. The Bertz CT molecular complexity index is 198. The molecule has 2 heterocycles. The third-order valence-electron chi connectivity index (χ3n) is 3.87. The van der Waals surface area contributed by atoms with Crippen LogP contribution in [0.15, 0.2) is 0 Å². The van der Waals surface area contributed by atoms with Crippen LogP contribution in [0.4, 0.5) is 0 Å². The Hall–Kier alpha value is -0.120. The molecule has 3 atom stereocenters. The molecular formula is C12H23NO2. The van der Waals surface area contributed by atoms with Gasteiger partial charge in [-0.2, -0.15) is 0 Å². The number of rotatable bonds is 3. The van der Waals surface area contributed by atoms with Crippen LogP contribution in [0.25, 0.3) is 0 Å². The number of aliphatic hydroxyl groups excluding tert-OH is 1. The van der Waals surface area contributed by atoms with Crippen LogP contribution < -0.4 is 0 Å². The van der Waals surface area contributed by atoms with E-state index in [-0.39, 0.29) is 6.10 Å². The highest BCUT2D eigenvalue weighted by atomic mass is 16.5. The van der Waals surface area contributed by atoms with Crippen molar-refractivity contribution in [2.24, 2.45) is 5.92 Å². The molecule has 0 spiro atoms. The smallest absolute Gasteiger partial charge is 0.0624 e. The molecule has 88 valence electrons. The van der Waals surface area contributed by atoms with E-state index >= 15 is 0 Å². The molecule has 2 rings (SSSR count). The maximum absolute atomic E-state index is 9.88. The minimum atomic E-state index is -0.142. The van der Waals surface area contributed by atoms with Gasteiger partial charge in [0.25, 0.3) is 0 Å². The number of aliphatic hydroxyl groups is 1. The van der Waals surface area contributed by atoms with E-state index in [1.807, 2.05) is 0 Å². The molecule has 3 nitrogen and oxygen atoms in total. The van der Waals surface area contributed by atoms with Crippen LogP contribution in [-0.4, -0.2) is 48.5 Å². The summed E-state index contributed by atoms with van der Waals surface area (Å²) in [5.41, 5.74) is 0. The fourth-order valence-corrected chi connectivity index (χ4v) is 2.86. The highest BCUT2D eigenvalue weighted by molar-refractivity contribution is 4.83. The zero-order chi connectivity index (χ0) is 10.7. The van der Waals surface area contributed by atoms with E-state index in [9.17, 15) is 5.11 Å². The normalized spacial score (nSPS) is 38.4. The summed E-state index contributed by atoms with van der Waals surface area (Å²) in [4.78, 5) is 2.54. The molecule has 2 fully saturated rings. The van der Waals surface area contributed by atoms with Crippen LogP contribution in [0, 0.1) is 5.92 Å². The van der Waals surface area contributed by atoms with E-state index in [0.717, 1.165) is 32.2 Å². The first-order chi connectivity index (χ1) is 7.31. The van der Waals surface area contributed by atoms with Crippen LogP contribution in [0.3, 0.4) is 0 Å². The molecule has 15 heavy (non-hydrogen) atoms. The molecular weight excluding hydrogens is 190 g/mol. The largest absolute Gasteiger partial charge is 0.393 e. The van der Waals surface area contributed by atoms with Gasteiger partial charge in [0.05, 0.1) is 12.7 Å².